The molecule has 2 aromatic carbocycles. The van der Waals surface area contributed by atoms with E-state index in [1.807, 2.05) is 61.5 Å². The zero-order valence-corrected chi connectivity index (χ0v) is 12.2. The van der Waals surface area contributed by atoms with E-state index in [4.69, 9.17) is 10.5 Å². The number of nitrogens with one attached hydrogen (secondary N) is 1. The first-order chi connectivity index (χ1) is 10.1. The van der Waals surface area contributed by atoms with Crippen LogP contribution in [0.2, 0.25) is 0 Å². The highest BCUT2D eigenvalue weighted by molar-refractivity contribution is 5.83. The van der Waals surface area contributed by atoms with Crippen molar-refractivity contribution in [3.8, 4) is 5.75 Å². The van der Waals surface area contributed by atoms with E-state index in [-0.39, 0.29) is 11.9 Å². The van der Waals surface area contributed by atoms with E-state index in [1.54, 1.807) is 7.11 Å². The van der Waals surface area contributed by atoms with Crippen LogP contribution in [0.25, 0.3) is 0 Å². The number of carbonyl (C=O) groups is 1. The van der Waals surface area contributed by atoms with Crippen LogP contribution < -0.4 is 15.8 Å². The van der Waals surface area contributed by atoms with Gasteiger partial charge in [0.1, 0.15) is 11.8 Å². The van der Waals surface area contributed by atoms with Crippen molar-refractivity contribution in [2.24, 2.45) is 5.73 Å². The van der Waals surface area contributed by atoms with E-state index in [2.05, 4.69) is 5.32 Å². The first-order valence-corrected chi connectivity index (χ1v) is 6.87. The standard InChI is InChI=1S/C17H20N2O2/c1-12(14-10-6-7-11-15(14)21-2)19-17(20)16(18)13-8-4-3-5-9-13/h3-12,16H,18H2,1-2H3,(H,19,20)/t12-,16+/m1/s1. The van der Waals surface area contributed by atoms with Crippen LogP contribution >= 0.6 is 0 Å². The summed E-state index contributed by atoms with van der Waals surface area (Å²) in [7, 11) is 1.61. The molecule has 0 radical (unpaired) electrons. The van der Waals surface area contributed by atoms with Gasteiger partial charge in [-0.2, -0.15) is 0 Å². The van der Waals surface area contributed by atoms with Crippen molar-refractivity contribution in [1.29, 1.82) is 0 Å². The van der Waals surface area contributed by atoms with Gasteiger partial charge in [-0.1, -0.05) is 48.5 Å². The van der Waals surface area contributed by atoms with Gasteiger partial charge in [-0.25, -0.2) is 0 Å². The lowest BCUT2D eigenvalue weighted by Crippen LogP contribution is -2.35. The average Bonchev–Trinajstić information content (AvgIpc) is 2.54. The molecule has 0 aliphatic heterocycles. The summed E-state index contributed by atoms with van der Waals surface area (Å²) in [5.74, 6) is 0.540. The Hall–Kier alpha value is -2.33. The van der Waals surface area contributed by atoms with Gasteiger partial charge in [-0.05, 0) is 18.6 Å². The molecule has 3 N–H and O–H groups in total. The molecule has 1 amide bonds. The maximum absolute atomic E-state index is 12.2. The Morgan fingerprint density at radius 2 is 1.71 bits per heavy atom. The van der Waals surface area contributed by atoms with Crippen LogP contribution in [-0.2, 0) is 4.79 Å². The van der Waals surface area contributed by atoms with Crippen molar-refractivity contribution in [1.82, 2.24) is 5.32 Å². The smallest absolute Gasteiger partial charge is 0.241 e. The molecule has 0 unspecified atom stereocenters. The lowest BCUT2D eigenvalue weighted by Gasteiger charge is -2.20. The molecule has 0 aromatic heterocycles. The Morgan fingerprint density at radius 1 is 1.10 bits per heavy atom. The summed E-state index contributed by atoms with van der Waals surface area (Å²) >= 11 is 0. The molecule has 4 nitrogen and oxygen atoms in total. The third kappa shape index (κ3) is 3.61. The quantitative estimate of drug-likeness (QED) is 0.887. The Morgan fingerprint density at radius 3 is 2.38 bits per heavy atom. The van der Waals surface area contributed by atoms with Gasteiger partial charge in [0, 0.05) is 5.56 Å². The molecule has 2 rings (SSSR count). The van der Waals surface area contributed by atoms with Crippen molar-refractivity contribution in [2.75, 3.05) is 7.11 Å². The summed E-state index contributed by atoms with van der Waals surface area (Å²) in [5.41, 5.74) is 7.71. The van der Waals surface area contributed by atoms with Crippen molar-refractivity contribution < 1.29 is 9.53 Å². The molecule has 0 fully saturated rings. The number of amides is 1. The minimum absolute atomic E-state index is 0.177. The summed E-state index contributed by atoms with van der Waals surface area (Å²) in [6.45, 7) is 1.91. The van der Waals surface area contributed by atoms with Gasteiger partial charge >= 0.3 is 0 Å². The van der Waals surface area contributed by atoms with Gasteiger partial charge in [0.2, 0.25) is 5.91 Å². The fourth-order valence-electron chi connectivity index (χ4n) is 2.22. The normalized spacial score (nSPS) is 13.3. The summed E-state index contributed by atoms with van der Waals surface area (Å²) in [4.78, 5) is 12.2. The largest absolute Gasteiger partial charge is 0.496 e. The molecule has 0 saturated carbocycles. The van der Waals surface area contributed by atoms with Gasteiger partial charge in [-0.15, -0.1) is 0 Å². The molecule has 0 saturated heterocycles. The third-order valence-corrected chi connectivity index (χ3v) is 3.41. The Balaban J connectivity index is 2.09. The maximum Gasteiger partial charge on any atom is 0.241 e. The minimum atomic E-state index is -0.677. The second-order valence-corrected chi connectivity index (χ2v) is 4.86. The second kappa shape index (κ2) is 6.90. The number of ether oxygens (including phenoxy) is 1. The first-order valence-electron chi connectivity index (χ1n) is 6.87. The molecule has 0 aliphatic rings. The van der Waals surface area contributed by atoms with Crippen molar-refractivity contribution in [3.63, 3.8) is 0 Å². The maximum atomic E-state index is 12.2. The summed E-state index contributed by atoms with van der Waals surface area (Å²) < 4.78 is 5.31. The van der Waals surface area contributed by atoms with Crippen molar-refractivity contribution >= 4 is 5.91 Å². The van der Waals surface area contributed by atoms with Crippen LogP contribution in [0.3, 0.4) is 0 Å². The fourth-order valence-corrected chi connectivity index (χ4v) is 2.22. The van der Waals surface area contributed by atoms with E-state index < -0.39 is 6.04 Å². The average molecular weight is 284 g/mol. The SMILES string of the molecule is COc1ccccc1[C@@H](C)NC(=O)[C@@H](N)c1ccccc1. The highest BCUT2D eigenvalue weighted by Crippen LogP contribution is 2.24. The van der Waals surface area contributed by atoms with E-state index >= 15 is 0 Å². The Kier molecular flexibility index (Phi) is 4.95. The van der Waals surface area contributed by atoms with Crippen molar-refractivity contribution in [2.45, 2.75) is 19.0 Å². The molecule has 110 valence electrons. The predicted octanol–water partition coefficient (Wildman–Crippen LogP) is 2.57. The number of rotatable bonds is 5. The molecule has 0 spiro atoms. The molecular weight excluding hydrogens is 264 g/mol. The number of benzene rings is 2. The number of hydrogen-bond acceptors (Lipinski definition) is 3. The monoisotopic (exact) mass is 284 g/mol. The lowest BCUT2D eigenvalue weighted by molar-refractivity contribution is -0.123. The lowest BCUT2D eigenvalue weighted by atomic mass is 10.0. The van der Waals surface area contributed by atoms with E-state index in [0.29, 0.717) is 0 Å². The highest BCUT2D eigenvalue weighted by atomic mass is 16.5. The second-order valence-electron chi connectivity index (χ2n) is 4.86. The summed E-state index contributed by atoms with van der Waals surface area (Å²) in [5, 5.41) is 2.93. The molecule has 21 heavy (non-hydrogen) atoms. The minimum Gasteiger partial charge on any atom is -0.496 e. The summed E-state index contributed by atoms with van der Waals surface area (Å²) in [6, 6.07) is 16.1. The van der Waals surface area contributed by atoms with Gasteiger partial charge in [0.15, 0.2) is 0 Å². The Bertz CT molecular complexity index is 599. The molecule has 0 bridgehead atoms. The third-order valence-electron chi connectivity index (χ3n) is 3.41. The number of hydrogen-bond donors (Lipinski definition) is 2. The molecular formula is C17H20N2O2. The molecule has 2 atom stereocenters. The van der Waals surface area contributed by atoms with Crippen LogP contribution in [0.5, 0.6) is 5.75 Å². The number of carbonyl (C=O) groups excluding carboxylic acids is 1. The van der Waals surface area contributed by atoms with Gasteiger partial charge in [0.05, 0.1) is 13.2 Å². The summed E-state index contributed by atoms with van der Waals surface area (Å²) in [6.07, 6.45) is 0. The first kappa shape index (κ1) is 15.1. The van der Waals surface area contributed by atoms with E-state index in [1.165, 1.54) is 0 Å². The molecule has 2 aromatic rings. The van der Waals surface area contributed by atoms with E-state index in [9.17, 15) is 4.79 Å². The topological polar surface area (TPSA) is 64.3 Å². The molecule has 4 heteroatoms. The van der Waals surface area contributed by atoms with Crippen LogP contribution in [0, 0.1) is 0 Å². The van der Waals surface area contributed by atoms with Gasteiger partial charge in [0.25, 0.3) is 0 Å². The highest BCUT2D eigenvalue weighted by Gasteiger charge is 2.19. The number of para-hydroxylation sites is 1. The van der Waals surface area contributed by atoms with Crippen LogP contribution in [0.4, 0.5) is 0 Å². The van der Waals surface area contributed by atoms with Crippen LogP contribution in [0.1, 0.15) is 30.1 Å². The van der Waals surface area contributed by atoms with Crippen molar-refractivity contribution in [3.05, 3.63) is 65.7 Å². The van der Waals surface area contributed by atoms with Gasteiger partial charge in [-0.3, -0.25) is 4.79 Å². The van der Waals surface area contributed by atoms with Gasteiger partial charge < -0.3 is 15.8 Å². The van der Waals surface area contributed by atoms with E-state index in [0.717, 1.165) is 16.9 Å². The molecule has 0 heterocycles. The Labute approximate surface area is 124 Å². The fraction of sp³-hybridized carbons (Fsp3) is 0.235. The van der Waals surface area contributed by atoms with Crippen LogP contribution in [-0.4, -0.2) is 13.0 Å². The zero-order valence-electron chi connectivity index (χ0n) is 12.2. The number of nitrogens with two attached hydrogens (primary N) is 1. The predicted molar refractivity (Wildman–Crippen MR) is 82.9 cm³/mol. The molecule has 0 aliphatic carbocycles. The zero-order chi connectivity index (χ0) is 15.2. The van der Waals surface area contributed by atoms with Crippen LogP contribution in [0.15, 0.2) is 54.6 Å². The number of methoxy groups -OCH3 is 1.